The Bertz CT molecular complexity index is 470. The molecular weight excluding hydrogens is 288 g/mol. The Hall–Kier alpha value is -0.910. The summed E-state index contributed by atoms with van der Waals surface area (Å²) in [6.45, 7) is 3.23. The molecule has 0 spiro atoms. The summed E-state index contributed by atoms with van der Waals surface area (Å²) in [5.41, 5.74) is 1.20. The summed E-state index contributed by atoms with van der Waals surface area (Å²) in [6, 6.07) is 10.1. The van der Waals surface area contributed by atoms with Gasteiger partial charge in [-0.2, -0.15) is 8.42 Å². The average Bonchev–Trinajstić information content (AvgIpc) is 2.41. The van der Waals surface area contributed by atoms with Crippen LogP contribution in [0.1, 0.15) is 44.6 Å². The van der Waals surface area contributed by atoms with E-state index in [1.807, 2.05) is 18.2 Å². The fourth-order valence-corrected chi connectivity index (χ4v) is 2.79. The van der Waals surface area contributed by atoms with Crippen LogP contribution in [0.5, 0.6) is 0 Å². The van der Waals surface area contributed by atoms with Crippen molar-refractivity contribution >= 4 is 10.1 Å². The number of rotatable bonds is 11. The first-order valence-corrected chi connectivity index (χ1v) is 9.29. The third kappa shape index (κ3) is 10.5. The van der Waals surface area contributed by atoms with E-state index in [1.165, 1.54) is 5.56 Å². The molecule has 0 saturated carbocycles. The maximum atomic E-state index is 10.9. The van der Waals surface area contributed by atoms with Crippen LogP contribution >= 0.6 is 0 Å². The van der Waals surface area contributed by atoms with Crippen LogP contribution < -0.4 is 0 Å². The van der Waals surface area contributed by atoms with Crippen LogP contribution in [0.3, 0.4) is 0 Å². The van der Waals surface area contributed by atoms with Gasteiger partial charge in [-0.3, -0.25) is 4.18 Å². The van der Waals surface area contributed by atoms with Crippen molar-refractivity contribution in [1.29, 1.82) is 0 Å². The minimum Gasteiger partial charge on any atom is -0.377 e. The molecule has 0 aliphatic rings. The highest BCUT2D eigenvalue weighted by molar-refractivity contribution is 7.86. The lowest BCUT2D eigenvalue weighted by Crippen LogP contribution is -2.13. The van der Waals surface area contributed by atoms with Gasteiger partial charge in [0.25, 0.3) is 10.1 Å². The van der Waals surface area contributed by atoms with Crippen molar-refractivity contribution in [3.63, 3.8) is 0 Å². The highest BCUT2D eigenvalue weighted by Crippen LogP contribution is 2.10. The predicted octanol–water partition coefficient (Wildman–Crippen LogP) is 3.52. The van der Waals surface area contributed by atoms with Gasteiger partial charge in [0.05, 0.1) is 19.0 Å². The lowest BCUT2D eigenvalue weighted by atomic mass is 10.1. The topological polar surface area (TPSA) is 52.6 Å². The Morgan fingerprint density at radius 2 is 1.71 bits per heavy atom. The molecule has 4 nitrogen and oxygen atoms in total. The molecule has 1 atom stereocenters. The maximum Gasteiger partial charge on any atom is 0.264 e. The van der Waals surface area contributed by atoms with Gasteiger partial charge < -0.3 is 4.74 Å². The lowest BCUT2D eigenvalue weighted by Gasteiger charge is -2.10. The molecule has 0 heterocycles. The molecular formula is C16H26O4S. The fraction of sp³-hybridized carbons (Fsp3) is 0.625. The van der Waals surface area contributed by atoms with Gasteiger partial charge in [0.1, 0.15) is 0 Å². The highest BCUT2D eigenvalue weighted by Gasteiger charge is 2.09. The summed E-state index contributed by atoms with van der Waals surface area (Å²) >= 11 is 0. The SMILES string of the molecule is C[C@@H](CCCCCCOCc1ccccc1)OS(C)(=O)=O. The standard InChI is InChI=1S/C16H26O4S/c1-15(20-21(2,17)18)10-6-3-4-9-13-19-14-16-11-7-5-8-12-16/h5,7-8,11-12,15H,3-4,6,9-10,13-14H2,1-2H3/t15-/m0/s1. The van der Waals surface area contributed by atoms with E-state index in [0.717, 1.165) is 45.0 Å². The van der Waals surface area contributed by atoms with Gasteiger partial charge in [-0.25, -0.2) is 0 Å². The molecule has 0 amide bonds. The molecule has 0 aliphatic heterocycles. The first-order chi connectivity index (χ1) is 9.97. The number of benzene rings is 1. The number of unbranched alkanes of at least 4 members (excludes halogenated alkanes) is 3. The normalized spacial score (nSPS) is 13.2. The van der Waals surface area contributed by atoms with Gasteiger partial charge in [-0.15, -0.1) is 0 Å². The van der Waals surface area contributed by atoms with Gasteiger partial charge in [0.2, 0.25) is 0 Å². The lowest BCUT2D eigenvalue weighted by molar-refractivity contribution is 0.116. The summed E-state index contributed by atoms with van der Waals surface area (Å²) in [4.78, 5) is 0. The van der Waals surface area contributed by atoms with E-state index in [2.05, 4.69) is 12.1 Å². The van der Waals surface area contributed by atoms with Crippen molar-refractivity contribution in [2.24, 2.45) is 0 Å². The molecule has 0 N–H and O–H groups in total. The van der Waals surface area contributed by atoms with Crippen molar-refractivity contribution in [2.45, 2.75) is 51.7 Å². The van der Waals surface area contributed by atoms with Crippen LogP contribution in [0.4, 0.5) is 0 Å². The van der Waals surface area contributed by atoms with E-state index in [-0.39, 0.29) is 6.10 Å². The molecule has 0 bridgehead atoms. The van der Waals surface area contributed by atoms with Crippen molar-refractivity contribution < 1.29 is 17.3 Å². The Kier molecular flexibility index (Phi) is 8.57. The van der Waals surface area contributed by atoms with Gasteiger partial charge in [0, 0.05) is 6.61 Å². The fourth-order valence-electron chi connectivity index (χ4n) is 2.10. The van der Waals surface area contributed by atoms with E-state index in [1.54, 1.807) is 6.92 Å². The number of ether oxygens (including phenoxy) is 1. The quantitative estimate of drug-likeness (QED) is 0.463. The van der Waals surface area contributed by atoms with Crippen molar-refractivity contribution in [1.82, 2.24) is 0 Å². The first kappa shape index (κ1) is 18.1. The second kappa shape index (κ2) is 9.92. The predicted molar refractivity (Wildman–Crippen MR) is 84.6 cm³/mol. The Labute approximate surface area is 128 Å². The zero-order valence-corrected chi connectivity index (χ0v) is 13.8. The molecule has 0 fully saturated rings. The van der Waals surface area contributed by atoms with Crippen LogP contribution in [-0.4, -0.2) is 27.4 Å². The van der Waals surface area contributed by atoms with Crippen LogP contribution in [0.2, 0.25) is 0 Å². The van der Waals surface area contributed by atoms with Gasteiger partial charge >= 0.3 is 0 Å². The molecule has 1 rings (SSSR count). The maximum absolute atomic E-state index is 10.9. The molecule has 0 aliphatic carbocycles. The Balaban J connectivity index is 1.93. The number of hydrogen-bond donors (Lipinski definition) is 0. The van der Waals surface area contributed by atoms with Crippen molar-refractivity contribution in [2.75, 3.05) is 12.9 Å². The second-order valence-electron chi connectivity index (χ2n) is 5.35. The molecule has 0 aromatic heterocycles. The van der Waals surface area contributed by atoms with E-state index in [9.17, 15) is 8.42 Å². The first-order valence-electron chi connectivity index (χ1n) is 7.47. The van der Waals surface area contributed by atoms with Crippen molar-refractivity contribution in [3.8, 4) is 0 Å². The zero-order chi connectivity index (χ0) is 15.6. The summed E-state index contributed by atoms with van der Waals surface area (Å²) in [6.07, 6.45) is 5.83. The van der Waals surface area contributed by atoms with E-state index < -0.39 is 10.1 Å². The van der Waals surface area contributed by atoms with E-state index in [4.69, 9.17) is 8.92 Å². The Morgan fingerprint density at radius 1 is 1.05 bits per heavy atom. The minimum absolute atomic E-state index is 0.227. The zero-order valence-electron chi connectivity index (χ0n) is 13.0. The van der Waals surface area contributed by atoms with Crippen molar-refractivity contribution in [3.05, 3.63) is 35.9 Å². The van der Waals surface area contributed by atoms with Gasteiger partial charge in [-0.05, 0) is 25.3 Å². The monoisotopic (exact) mass is 314 g/mol. The van der Waals surface area contributed by atoms with Crippen LogP contribution in [0, 0.1) is 0 Å². The minimum atomic E-state index is -3.32. The molecule has 120 valence electrons. The summed E-state index contributed by atoms with van der Waals surface area (Å²) in [5.74, 6) is 0. The van der Waals surface area contributed by atoms with Crippen LogP contribution in [0.15, 0.2) is 30.3 Å². The van der Waals surface area contributed by atoms with Crippen LogP contribution in [-0.2, 0) is 25.6 Å². The molecule has 21 heavy (non-hydrogen) atoms. The van der Waals surface area contributed by atoms with E-state index in [0.29, 0.717) is 6.61 Å². The summed E-state index contributed by atoms with van der Waals surface area (Å²) in [5, 5.41) is 0. The van der Waals surface area contributed by atoms with E-state index >= 15 is 0 Å². The summed E-state index contributed by atoms with van der Waals surface area (Å²) < 4.78 is 32.3. The Morgan fingerprint density at radius 3 is 2.38 bits per heavy atom. The second-order valence-corrected chi connectivity index (χ2v) is 6.95. The number of hydrogen-bond acceptors (Lipinski definition) is 4. The third-order valence-corrected chi connectivity index (χ3v) is 3.78. The molecule has 1 aromatic rings. The third-order valence-electron chi connectivity index (χ3n) is 3.10. The van der Waals surface area contributed by atoms with Gasteiger partial charge in [-0.1, -0.05) is 49.6 Å². The van der Waals surface area contributed by atoms with Crippen LogP contribution in [0.25, 0.3) is 0 Å². The van der Waals surface area contributed by atoms with Gasteiger partial charge in [0.15, 0.2) is 0 Å². The molecule has 1 aromatic carbocycles. The molecule has 0 unspecified atom stereocenters. The average molecular weight is 314 g/mol. The molecule has 0 radical (unpaired) electrons. The highest BCUT2D eigenvalue weighted by atomic mass is 32.2. The molecule has 5 heteroatoms. The molecule has 0 saturated heterocycles. The smallest absolute Gasteiger partial charge is 0.264 e. The summed E-state index contributed by atoms with van der Waals surface area (Å²) in [7, 11) is -3.32. The largest absolute Gasteiger partial charge is 0.377 e.